The first kappa shape index (κ1) is 17.8. The Bertz CT molecular complexity index is 632. The van der Waals surface area contributed by atoms with Gasteiger partial charge in [0.1, 0.15) is 11.9 Å². The molecule has 2 atom stereocenters. The normalized spacial score (nSPS) is 24.3. The van der Waals surface area contributed by atoms with Gasteiger partial charge in [0.2, 0.25) is 5.91 Å². The molecule has 3 rings (SSSR count). The van der Waals surface area contributed by atoms with Gasteiger partial charge in [-0.25, -0.2) is 4.39 Å². The van der Waals surface area contributed by atoms with Crippen molar-refractivity contribution in [3.8, 4) is 0 Å². The van der Waals surface area contributed by atoms with E-state index in [0.29, 0.717) is 44.6 Å². The fraction of sp³-hybridized carbons (Fsp3) is 0.556. The van der Waals surface area contributed by atoms with E-state index in [1.54, 1.807) is 17.0 Å². The molecule has 0 radical (unpaired) electrons. The fourth-order valence-electron chi connectivity index (χ4n) is 3.44. The summed E-state index contributed by atoms with van der Waals surface area (Å²) in [5.41, 5.74) is 6.04. The third kappa shape index (κ3) is 4.35. The summed E-state index contributed by atoms with van der Waals surface area (Å²) in [4.78, 5) is 26.6. The number of anilines is 1. The Labute approximate surface area is 146 Å². The molecule has 0 aliphatic carbocycles. The number of ether oxygens (including phenoxy) is 1. The molecule has 2 saturated heterocycles. The molecule has 2 aliphatic rings. The number of carbonyl (C=O) groups is 2. The highest BCUT2D eigenvalue weighted by molar-refractivity contribution is 5.92. The van der Waals surface area contributed by atoms with Gasteiger partial charge in [-0.15, -0.1) is 0 Å². The van der Waals surface area contributed by atoms with E-state index in [0.717, 1.165) is 6.42 Å². The summed E-state index contributed by atoms with van der Waals surface area (Å²) in [6.45, 7) is 1.51. The number of rotatable bonds is 4. The molecule has 0 aromatic heterocycles. The van der Waals surface area contributed by atoms with Gasteiger partial charge < -0.3 is 20.7 Å². The lowest BCUT2D eigenvalue weighted by Crippen LogP contribution is -2.45. The van der Waals surface area contributed by atoms with Crippen LogP contribution in [0.3, 0.4) is 0 Å². The molecular weight excluding hydrogens is 325 g/mol. The molecule has 3 N–H and O–H groups in total. The lowest BCUT2D eigenvalue weighted by Gasteiger charge is -2.32. The van der Waals surface area contributed by atoms with E-state index in [2.05, 4.69) is 5.32 Å². The first-order valence-corrected chi connectivity index (χ1v) is 8.77. The van der Waals surface area contributed by atoms with Crippen LogP contribution in [-0.4, -0.2) is 48.6 Å². The van der Waals surface area contributed by atoms with E-state index >= 15 is 0 Å². The number of carbonyl (C=O) groups excluding carboxylic acids is 2. The quantitative estimate of drug-likeness (QED) is 0.863. The highest BCUT2D eigenvalue weighted by Crippen LogP contribution is 2.25. The van der Waals surface area contributed by atoms with Crippen molar-refractivity contribution < 1.29 is 18.7 Å². The molecule has 1 aromatic carbocycles. The highest BCUT2D eigenvalue weighted by atomic mass is 19.1. The third-order valence-electron chi connectivity index (χ3n) is 4.92. The van der Waals surface area contributed by atoms with E-state index in [-0.39, 0.29) is 29.7 Å². The van der Waals surface area contributed by atoms with Gasteiger partial charge in [0.25, 0.3) is 5.91 Å². The first-order chi connectivity index (χ1) is 12.1. The number of likely N-dealkylation sites (tertiary alicyclic amines) is 1. The average molecular weight is 349 g/mol. The van der Waals surface area contributed by atoms with E-state index in [9.17, 15) is 14.0 Å². The van der Waals surface area contributed by atoms with Crippen LogP contribution < -0.4 is 11.1 Å². The third-order valence-corrected chi connectivity index (χ3v) is 4.92. The molecule has 0 unspecified atom stereocenters. The predicted octanol–water partition coefficient (Wildman–Crippen LogP) is 1.51. The van der Waals surface area contributed by atoms with E-state index in [1.165, 1.54) is 12.1 Å². The maximum atomic E-state index is 13.2. The molecule has 2 fully saturated rings. The number of nitrogens with zero attached hydrogens (tertiary/aromatic N) is 1. The Hall–Kier alpha value is -1.99. The molecule has 6 nitrogen and oxygen atoms in total. The van der Waals surface area contributed by atoms with Crippen molar-refractivity contribution in [1.82, 2.24) is 4.90 Å². The van der Waals surface area contributed by atoms with Gasteiger partial charge in [0, 0.05) is 31.2 Å². The highest BCUT2D eigenvalue weighted by Gasteiger charge is 2.35. The lowest BCUT2D eigenvalue weighted by molar-refractivity contribution is -0.145. The molecular formula is C18H24FN3O3. The topological polar surface area (TPSA) is 84.7 Å². The van der Waals surface area contributed by atoms with Crippen LogP contribution in [0.1, 0.15) is 25.7 Å². The molecule has 2 aliphatic heterocycles. The molecule has 0 spiro atoms. The van der Waals surface area contributed by atoms with Crippen LogP contribution in [0, 0.1) is 11.7 Å². The minimum atomic E-state index is -0.397. The standard InChI is InChI=1S/C18H24FN3O3/c19-13-2-1-3-14(10-13)21-17(23)12-6-8-22(9-7-12)18(24)16-5-4-15(11-20)25-16/h1-3,10,12,15-16H,4-9,11,20H2,(H,21,23)/t15-,16+/m1/s1. The summed E-state index contributed by atoms with van der Waals surface area (Å²) in [5.74, 6) is -0.683. The largest absolute Gasteiger partial charge is 0.364 e. The minimum Gasteiger partial charge on any atom is -0.364 e. The molecule has 136 valence electrons. The number of nitrogens with two attached hydrogens (primary N) is 1. The van der Waals surface area contributed by atoms with Gasteiger partial charge >= 0.3 is 0 Å². The Morgan fingerprint density at radius 2 is 2.00 bits per heavy atom. The van der Waals surface area contributed by atoms with Crippen LogP contribution >= 0.6 is 0 Å². The smallest absolute Gasteiger partial charge is 0.251 e. The van der Waals surface area contributed by atoms with E-state index < -0.39 is 6.10 Å². The lowest BCUT2D eigenvalue weighted by atomic mass is 9.95. The molecule has 7 heteroatoms. The molecule has 25 heavy (non-hydrogen) atoms. The Balaban J connectivity index is 1.48. The zero-order valence-electron chi connectivity index (χ0n) is 14.1. The van der Waals surface area contributed by atoms with Crippen molar-refractivity contribution in [3.05, 3.63) is 30.1 Å². The summed E-state index contributed by atoms with van der Waals surface area (Å²) in [5, 5.41) is 2.74. The average Bonchev–Trinajstić information content (AvgIpc) is 3.10. The first-order valence-electron chi connectivity index (χ1n) is 8.77. The summed E-state index contributed by atoms with van der Waals surface area (Å²) in [7, 11) is 0. The van der Waals surface area contributed by atoms with Crippen molar-refractivity contribution in [3.63, 3.8) is 0 Å². The number of piperidine rings is 1. The number of amides is 2. The van der Waals surface area contributed by atoms with Crippen molar-refractivity contribution >= 4 is 17.5 Å². The zero-order chi connectivity index (χ0) is 17.8. The van der Waals surface area contributed by atoms with Gasteiger partial charge in [0.05, 0.1) is 6.10 Å². The SMILES string of the molecule is NC[C@H]1CC[C@@H](C(=O)N2CCC(C(=O)Nc3cccc(F)c3)CC2)O1. The van der Waals surface area contributed by atoms with Crippen LogP contribution in [0.4, 0.5) is 10.1 Å². The Kier molecular flexibility index (Phi) is 5.65. The maximum absolute atomic E-state index is 13.2. The minimum absolute atomic E-state index is 0.0000568. The number of benzene rings is 1. The second kappa shape index (κ2) is 7.93. The fourth-order valence-corrected chi connectivity index (χ4v) is 3.44. The maximum Gasteiger partial charge on any atom is 0.251 e. The Morgan fingerprint density at radius 3 is 2.64 bits per heavy atom. The number of hydrogen-bond acceptors (Lipinski definition) is 4. The van der Waals surface area contributed by atoms with Crippen molar-refractivity contribution in [2.24, 2.45) is 11.7 Å². The molecule has 2 amide bonds. The van der Waals surface area contributed by atoms with Crippen LogP contribution in [0.2, 0.25) is 0 Å². The second-order valence-corrected chi connectivity index (χ2v) is 6.66. The molecule has 2 heterocycles. The van der Waals surface area contributed by atoms with Gasteiger partial charge in [-0.05, 0) is 43.9 Å². The summed E-state index contributed by atoms with van der Waals surface area (Å²) in [6, 6.07) is 5.84. The van der Waals surface area contributed by atoms with E-state index in [1.807, 2.05) is 0 Å². The number of nitrogens with one attached hydrogen (secondary N) is 1. The van der Waals surface area contributed by atoms with Crippen molar-refractivity contribution in [1.29, 1.82) is 0 Å². The zero-order valence-corrected chi connectivity index (χ0v) is 14.1. The molecule has 0 saturated carbocycles. The van der Waals surface area contributed by atoms with Crippen LogP contribution in [0.25, 0.3) is 0 Å². The van der Waals surface area contributed by atoms with Crippen LogP contribution in [-0.2, 0) is 14.3 Å². The predicted molar refractivity (Wildman–Crippen MR) is 91.3 cm³/mol. The van der Waals surface area contributed by atoms with Gasteiger partial charge in [-0.2, -0.15) is 0 Å². The number of halogens is 1. The molecule has 1 aromatic rings. The summed E-state index contributed by atoms with van der Waals surface area (Å²) in [6.07, 6.45) is 2.30. The van der Waals surface area contributed by atoms with Crippen LogP contribution in [0.15, 0.2) is 24.3 Å². The van der Waals surface area contributed by atoms with Gasteiger partial charge in [-0.1, -0.05) is 6.07 Å². The monoisotopic (exact) mass is 349 g/mol. The summed E-state index contributed by atoms with van der Waals surface area (Å²) < 4.78 is 18.8. The van der Waals surface area contributed by atoms with Crippen molar-refractivity contribution in [2.45, 2.75) is 37.9 Å². The Morgan fingerprint density at radius 1 is 1.24 bits per heavy atom. The second-order valence-electron chi connectivity index (χ2n) is 6.66. The number of hydrogen-bond donors (Lipinski definition) is 2. The van der Waals surface area contributed by atoms with Gasteiger partial charge in [0.15, 0.2) is 0 Å². The van der Waals surface area contributed by atoms with E-state index in [4.69, 9.17) is 10.5 Å². The molecule has 0 bridgehead atoms. The van der Waals surface area contributed by atoms with Gasteiger partial charge in [-0.3, -0.25) is 9.59 Å². The summed E-state index contributed by atoms with van der Waals surface area (Å²) >= 11 is 0. The van der Waals surface area contributed by atoms with Crippen LogP contribution in [0.5, 0.6) is 0 Å². The van der Waals surface area contributed by atoms with Crippen molar-refractivity contribution in [2.75, 3.05) is 25.0 Å².